The number of benzene rings is 1. The minimum absolute atomic E-state index is 0.524. The summed E-state index contributed by atoms with van der Waals surface area (Å²) in [6, 6.07) is 8.43. The Morgan fingerprint density at radius 2 is 1.82 bits per heavy atom. The van der Waals surface area contributed by atoms with E-state index >= 15 is 0 Å². The number of anilines is 3. The number of hydrogen-bond donors (Lipinski definition) is 1. The van der Waals surface area contributed by atoms with Gasteiger partial charge >= 0.3 is 6.18 Å². The molecule has 1 aromatic carbocycles. The zero-order valence-corrected chi connectivity index (χ0v) is 15.3. The monoisotopic (exact) mass is 405 g/mol. The van der Waals surface area contributed by atoms with Crippen molar-refractivity contribution < 1.29 is 13.2 Å². The number of fused-ring (bicyclic) bond motifs is 1. The van der Waals surface area contributed by atoms with E-state index in [1.165, 1.54) is 18.5 Å². The van der Waals surface area contributed by atoms with Gasteiger partial charge in [0.05, 0.1) is 22.8 Å². The lowest BCUT2D eigenvalue weighted by Gasteiger charge is -2.30. The van der Waals surface area contributed by atoms with Crippen LogP contribution in [0.3, 0.4) is 0 Å². The van der Waals surface area contributed by atoms with Crippen LogP contribution in [0.5, 0.6) is 0 Å². The van der Waals surface area contributed by atoms with Gasteiger partial charge in [-0.3, -0.25) is 0 Å². The number of nitrogens with one attached hydrogen (secondary N) is 1. The second-order valence-corrected chi connectivity index (χ2v) is 6.74. The lowest BCUT2D eigenvalue weighted by atomic mass is 10.1. The van der Waals surface area contributed by atoms with Crippen LogP contribution < -0.4 is 10.2 Å². The summed E-state index contributed by atoms with van der Waals surface area (Å²) in [4.78, 5) is 15.0. The highest BCUT2D eigenvalue weighted by atomic mass is 35.5. The SMILES string of the molecule is FC(F)(F)c1ccc(Nc2ncnc3c2CCN(c2ncccc2Cl)C3)cc1. The summed E-state index contributed by atoms with van der Waals surface area (Å²) in [5.41, 5.74) is 1.61. The molecule has 0 fully saturated rings. The van der Waals surface area contributed by atoms with Crippen LogP contribution in [0.1, 0.15) is 16.8 Å². The summed E-state index contributed by atoms with van der Waals surface area (Å²) in [5, 5.41) is 3.67. The molecule has 1 aliphatic rings. The Balaban J connectivity index is 1.56. The molecule has 0 radical (unpaired) electrons. The molecule has 0 aliphatic carbocycles. The minimum Gasteiger partial charge on any atom is -0.349 e. The third-order valence-electron chi connectivity index (χ3n) is 4.52. The molecular weight excluding hydrogens is 391 g/mol. The van der Waals surface area contributed by atoms with Crippen LogP contribution >= 0.6 is 11.6 Å². The summed E-state index contributed by atoms with van der Waals surface area (Å²) in [7, 11) is 0. The Morgan fingerprint density at radius 3 is 2.54 bits per heavy atom. The van der Waals surface area contributed by atoms with Crippen molar-refractivity contribution in [3.63, 3.8) is 0 Å². The Labute approximate surface area is 164 Å². The van der Waals surface area contributed by atoms with E-state index in [-0.39, 0.29) is 0 Å². The predicted octanol–water partition coefficient (Wildman–Crippen LogP) is 4.85. The van der Waals surface area contributed by atoms with Crippen molar-refractivity contribution in [3.8, 4) is 0 Å². The number of halogens is 4. The van der Waals surface area contributed by atoms with Gasteiger partial charge < -0.3 is 10.2 Å². The van der Waals surface area contributed by atoms with Crippen LogP contribution in [0, 0.1) is 0 Å². The van der Waals surface area contributed by atoms with Gasteiger partial charge in [-0.2, -0.15) is 13.2 Å². The molecule has 144 valence electrons. The van der Waals surface area contributed by atoms with Crippen molar-refractivity contribution in [2.75, 3.05) is 16.8 Å². The van der Waals surface area contributed by atoms with Gasteiger partial charge in [-0.05, 0) is 42.8 Å². The lowest BCUT2D eigenvalue weighted by Crippen LogP contribution is -2.32. The fraction of sp³-hybridized carbons (Fsp3) is 0.211. The Bertz CT molecular complexity index is 992. The van der Waals surface area contributed by atoms with Crippen molar-refractivity contribution in [2.24, 2.45) is 0 Å². The average Bonchev–Trinajstić information content (AvgIpc) is 2.68. The lowest BCUT2D eigenvalue weighted by molar-refractivity contribution is -0.137. The first kappa shape index (κ1) is 18.5. The Morgan fingerprint density at radius 1 is 1.04 bits per heavy atom. The fourth-order valence-corrected chi connectivity index (χ4v) is 3.37. The van der Waals surface area contributed by atoms with E-state index in [0.717, 1.165) is 23.4 Å². The molecule has 1 N–H and O–H groups in total. The second kappa shape index (κ2) is 7.27. The normalized spacial score (nSPS) is 13.9. The van der Waals surface area contributed by atoms with Crippen LogP contribution in [0.25, 0.3) is 0 Å². The number of rotatable bonds is 3. The molecule has 9 heteroatoms. The summed E-state index contributed by atoms with van der Waals surface area (Å²) in [5.74, 6) is 1.29. The molecule has 0 bridgehead atoms. The molecule has 2 aromatic heterocycles. The summed E-state index contributed by atoms with van der Waals surface area (Å²) in [6.45, 7) is 1.20. The number of aromatic nitrogens is 3. The van der Waals surface area contributed by atoms with Gasteiger partial charge in [0.2, 0.25) is 0 Å². The van der Waals surface area contributed by atoms with Crippen molar-refractivity contribution in [1.29, 1.82) is 0 Å². The summed E-state index contributed by atoms with van der Waals surface area (Å²) >= 11 is 6.24. The molecule has 0 saturated heterocycles. The summed E-state index contributed by atoms with van der Waals surface area (Å²) < 4.78 is 38.1. The van der Waals surface area contributed by atoms with E-state index in [9.17, 15) is 13.2 Å². The molecule has 0 saturated carbocycles. The van der Waals surface area contributed by atoms with E-state index in [1.54, 1.807) is 18.3 Å². The predicted molar refractivity (Wildman–Crippen MR) is 101 cm³/mol. The molecule has 1 aliphatic heterocycles. The molecule has 28 heavy (non-hydrogen) atoms. The van der Waals surface area contributed by atoms with Crippen molar-refractivity contribution in [2.45, 2.75) is 19.1 Å². The van der Waals surface area contributed by atoms with E-state index in [4.69, 9.17) is 11.6 Å². The van der Waals surface area contributed by atoms with Crippen LogP contribution in [0.15, 0.2) is 48.9 Å². The third kappa shape index (κ3) is 3.73. The molecule has 3 aromatic rings. The molecule has 3 heterocycles. The quantitative estimate of drug-likeness (QED) is 0.675. The van der Waals surface area contributed by atoms with Crippen LogP contribution in [-0.4, -0.2) is 21.5 Å². The largest absolute Gasteiger partial charge is 0.416 e. The molecule has 0 atom stereocenters. The average molecular weight is 406 g/mol. The maximum Gasteiger partial charge on any atom is 0.416 e. The topological polar surface area (TPSA) is 53.9 Å². The van der Waals surface area contributed by atoms with E-state index in [0.29, 0.717) is 41.9 Å². The first-order valence-corrected chi connectivity index (χ1v) is 8.92. The van der Waals surface area contributed by atoms with Gasteiger partial charge in [0.25, 0.3) is 0 Å². The van der Waals surface area contributed by atoms with Crippen molar-refractivity contribution >= 4 is 28.9 Å². The second-order valence-electron chi connectivity index (χ2n) is 6.33. The zero-order valence-electron chi connectivity index (χ0n) is 14.5. The van der Waals surface area contributed by atoms with Gasteiger partial charge in [-0.15, -0.1) is 0 Å². The highest BCUT2D eigenvalue weighted by Crippen LogP contribution is 2.32. The van der Waals surface area contributed by atoms with Gasteiger partial charge in [-0.1, -0.05) is 11.6 Å². The van der Waals surface area contributed by atoms with Crippen LogP contribution in [0.2, 0.25) is 5.02 Å². The maximum absolute atomic E-state index is 12.7. The number of nitrogens with zero attached hydrogens (tertiary/aromatic N) is 4. The first-order chi connectivity index (χ1) is 13.4. The van der Waals surface area contributed by atoms with Crippen LogP contribution in [0.4, 0.5) is 30.5 Å². The molecular formula is C19H15ClF3N5. The number of pyridine rings is 1. The molecule has 0 unspecified atom stereocenters. The number of alkyl halides is 3. The van der Waals surface area contributed by atoms with Crippen molar-refractivity contribution in [3.05, 3.63) is 70.8 Å². The van der Waals surface area contributed by atoms with Gasteiger partial charge in [0.15, 0.2) is 0 Å². The number of hydrogen-bond acceptors (Lipinski definition) is 5. The van der Waals surface area contributed by atoms with E-state index in [2.05, 4.69) is 20.3 Å². The Kier molecular flexibility index (Phi) is 4.80. The minimum atomic E-state index is -4.36. The van der Waals surface area contributed by atoms with Gasteiger partial charge in [0.1, 0.15) is 18.0 Å². The molecule has 0 spiro atoms. The summed E-state index contributed by atoms with van der Waals surface area (Å²) in [6.07, 6.45) is -0.571. The van der Waals surface area contributed by atoms with E-state index in [1.807, 2.05) is 4.90 Å². The van der Waals surface area contributed by atoms with Gasteiger partial charge in [0, 0.05) is 24.0 Å². The zero-order chi connectivity index (χ0) is 19.7. The van der Waals surface area contributed by atoms with Crippen LogP contribution in [-0.2, 0) is 19.1 Å². The first-order valence-electron chi connectivity index (χ1n) is 8.54. The fourth-order valence-electron chi connectivity index (χ4n) is 3.13. The Hall–Kier alpha value is -2.87. The molecule has 0 amide bonds. The standard InChI is InChI=1S/C19H15ClF3N5/c20-15-2-1-8-24-18(15)28-9-7-14-16(10-28)25-11-26-17(14)27-13-5-3-12(4-6-13)19(21,22)23/h1-6,8,11H,7,9-10H2,(H,25,26,27). The third-order valence-corrected chi connectivity index (χ3v) is 4.82. The highest BCUT2D eigenvalue weighted by molar-refractivity contribution is 6.32. The smallest absolute Gasteiger partial charge is 0.349 e. The molecule has 4 rings (SSSR count). The maximum atomic E-state index is 12.7. The van der Waals surface area contributed by atoms with Gasteiger partial charge in [-0.25, -0.2) is 15.0 Å². The van der Waals surface area contributed by atoms with Crippen molar-refractivity contribution in [1.82, 2.24) is 15.0 Å². The molecule has 5 nitrogen and oxygen atoms in total. The van der Waals surface area contributed by atoms with E-state index < -0.39 is 11.7 Å². The highest BCUT2D eigenvalue weighted by Gasteiger charge is 2.30.